The largest absolute Gasteiger partial charge is 0.345 e. The molecule has 108 valence electrons. The molecule has 5 heteroatoms. The quantitative estimate of drug-likeness (QED) is 0.899. The summed E-state index contributed by atoms with van der Waals surface area (Å²) >= 11 is 3.39. The predicted octanol–water partition coefficient (Wildman–Crippen LogP) is 2.32. The van der Waals surface area contributed by atoms with Crippen molar-refractivity contribution < 1.29 is 9.59 Å². The highest BCUT2D eigenvalue weighted by atomic mass is 79.9. The van der Waals surface area contributed by atoms with Crippen molar-refractivity contribution in [3.8, 4) is 0 Å². The summed E-state index contributed by atoms with van der Waals surface area (Å²) in [6.45, 7) is 6.47. The second kappa shape index (κ2) is 5.56. The number of amides is 2. The minimum Gasteiger partial charge on any atom is -0.345 e. The second-order valence-electron chi connectivity index (χ2n) is 6.13. The van der Waals surface area contributed by atoms with Crippen LogP contribution in [-0.4, -0.2) is 29.3 Å². The summed E-state index contributed by atoms with van der Waals surface area (Å²) in [6.07, 6.45) is 0. The lowest BCUT2D eigenvalue weighted by molar-refractivity contribution is -0.150. The molecule has 1 N–H and O–H groups in total. The fourth-order valence-corrected chi connectivity index (χ4v) is 2.74. The van der Waals surface area contributed by atoms with Gasteiger partial charge in [-0.2, -0.15) is 0 Å². The van der Waals surface area contributed by atoms with Crippen LogP contribution in [0.25, 0.3) is 0 Å². The van der Waals surface area contributed by atoms with Gasteiger partial charge in [-0.15, -0.1) is 0 Å². The van der Waals surface area contributed by atoms with Crippen LogP contribution in [0.15, 0.2) is 28.7 Å². The molecule has 2 rings (SSSR count). The lowest BCUT2D eigenvalue weighted by Gasteiger charge is -2.42. The van der Waals surface area contributed by atoms with Gasteiger partial charge < -0.3 is 10.2 Å². The fraction of sp³-hybridized carbons (Fsp3) is 0.467. The van der Waals surface area contributed by atoms with Crippen LogP contribution in [0.3, 0.4) is 0 Å². The van der Waals surface area contributed by atoms with E-state index in [2.05, 4.69) is 21.2 Å². The van der Waals surface area contributed by atoms with Crippen molar-refractivity contribution >= 4 is 27.7 Å². The molecule has 0 aromatic heterocycles. The standard InChI is InChI=1S/C15H19BrN2O2/c1-15(2,3)13-14(20)17-8-12(19)18(13)9-10-4-6-11(16)7-5-10/h4-7,13H,8-9H2,1-3H3,(H,17,20). The maximum absolute atomic E-state index is 12.2. The van der Waals surface area contributed by atoms with Gasteiger partial charge in [-0.3, -0.25) is 9.59 Å². The zero-order valence-electron chi connectivity index (χ0n) is 11.9. The minimum atomic E-state index is -0.438. The van der Waals surface area contributed by atoms with Crippen LogP contribution in [0, 0.1) is 5.41 Å². The van der Waals surface area contributed by atoms with Crippen molar-refractivity contribution in [2.45, 2.75) is 33.4 Å². The Morgan fingerprint density at radius 1 is 1.25 bits per heavy atom. The van der Waals surface area contributed by atoms with E-state index in [-0.39, 0.29) is 23.8 Å². The summed E-state index contributed by atoms with van der Waals surface area (Å²) in [5.74, 6) is -0.110. The number of nitrogens with one attached hydrogen (secondary N) is 1. The molecule has 1 aromatic carbocycles. The third-order valence-corrected chi connectivity index (χ3v) is 3.91. The van der Waals surface area contributed by atoms with Crippen molar-refractivity contribution in [2.24, 2.45) is 5.41 Å². The van der Waals surface area contributed by atoms with Crippen LogP contribution >= 0.6 is 15.9 Å². The monoisotopic (exact) mass is 338 g/mol. The van der Waals surface area contributed by atoms with E-state index in [0.717, 1.165) is 10.0 Å². The number of carbonyl (C=O) groups excluding carboxylic acids is 2. The lowest BCUT2D eigenvalue weighted by Crippen LogP contribution is -2.62. The van der Waals surface area contributed by atoms with Crippen molar-refractivity contribution in [2.75, 3.05) is 6.54 Å². The highest BCUT2D eigenvalue weighted by Gasteiger charge is 2.41. The van der Waals surface area contributed by atoms with Gasteiger partial charge in [0.15, 0.2) is 0 Å². The van der Waals surface area contributed by atoms with Crippen molar-refractivity contribution in [1.29, 1.82) is 0 Å². The molecule has 1 heterocycles. The first-order valence-electron chi connectivity index (χ1n) is 6.60. The number of halogens is 1. The Morgan fingerprint density at radius 2 is 1.85 bits per heavy atom. The highest BCUT2D eigenvalue weighted by Crippen LogP contribution is 2.28. The number of hydrogen-bond donors (Lipinski definition) is 1. The molecule has 1 aliphatic rings. The molecular formula is C15H19BrN2O2. The highest BCUT2D eigenvalue weighted by molar-refractivity contribution is 9.10. The van der Waals surface area contributed by atoms with Gasteiger partial charge in [-0.25, -0.2) is 0 Å². The average Bonchev–Trinajstić information content (AvgIpc) is 2.35. The molecule has 1 saturated heterocycles. The van der Waals surface area contributed by atoms with Gasteiger partial charge in [0, 0.05) is 11.0 Å². The van der Waals surface area contributed by atoms with Crippen LogP contribution in [-0.2, 0) is 16.1 Å². The maximum Gasteiger partial charge on any atom is 0.243 e. The average molecular weight is 339 g/mol. The summed E-state index contributed by atoms with van der Waals surface area (Å²) in [5.41, 5.74) is 0.723. The number of rotatable bonds is 2. The Labute approximate surface area is 127 Å². The van der Waals surface area contributed by atoms with Crippen molar-refractivity contribution in [1.82, 2.24) is 10.2 Å². The van der Waals surface area contributed by atoms with Crippen LogP contribution in [0.5, 0.6) is 0 Å². The number of benzene rings is 1. The van der Waals surface area contributed by atoms with E-state index in [1.807, 2.05) is 45.0 Å². The Bertz CT molecular complexity index is 520. The Hall–Kier alpha value is -1.36. The summed E-state index contributed by atoms with van der Waals surface area (Å²) in [5, 5.41) is 2.68. The van der Waals surface area contributed by atoms with E-state index in [0.29, 0.717) is 6.54 Å². The predicted molar refractivity (Wildman–Crippen MR) is 80.9 cm³/mol. The first-order valence-corrected chi connectivity index (χ1v) is 7.40. The smallest absolute Gasteiger partial charge is 0.243 e. The summed E-state index contributed by atoms with van der Waals surface area (Å²) in [4.78, 5) is 26.0. The van der Waals surface area contributed by atoms with E-state index >= 15 is 0 Å². The maximum atomic E-state index is 12.2. The Morgan fingerprint density at radius 3 is 2.40 bits per heavy atom. The van der Waals surface area contributed by atoms with Gasteiger partial charge in [0.25, 0.3) is 0 Å². The minimum absolute atomic E-state index is 0.0348. The molecule has 1 aromatic rings. The zero-order chi connectivity index (χ0) is 14.9. The van der Waals surface area contributed by atoms with Crippen LogP contribution in [0.1, 0.15) is 26.3 Å². The first kappa shape index (κ1) is 15.0. The number of nitrogens with zero attached hydrogens (tertiary/aromatic N) is 1. The van der Waals surface area contributed by atoms with Crippen molar-refractivity contribution in [3.63, 3.8) is 0 Å². The van der Waals surface area contributed by atoms with E-state index in [4.69, 9.17) is 0 Å². The zero-order valence-corrected chi connectivity index (χ0v) is 13.5. The number of piperazine rings is 1. The molecule has 0 spiro atoms. The van der Waals surface area contributed by atoms with E-state index in [1.165, 1.54) is 0 Å². The van der Waals surface area contributed by atoms with Gasteiger partial charge in [-0.1, -0.05) is 48.8 Å². The molecule has 0 bridgehead atoms. The molecule has 0 radical (unpaired) electrons. The molecule has 1 fully saturated rings. The molecule has 4 nitrogen and oxygen atoms in total. The molecule has 1 atom stereocenters. The van der Waals surface area contributed by atoms with Gasteiger partial charge >= 0.3 is 0 Å². The first-order chi connectivity index (χ1) is 9.29. The third-order valence-electron chi connectivity index (χ3n) is 3.38. The van der Waals surface area contributed by atoms with E-state index in [1.54, 1.807) is 4.90 Å². The van der Waals surface area contributed by atoms with Crippen molar-refractivity contribution in [3.05, 3.63) is 34.3 Å². The molecule has 0 saturated carbocycles. The van der Waals surface area contributed by atoms with Crippen LogP contribution in [0.2, 0.25) is 0 Å². The van der Waals surface area contributed by atoms with E-state index in [9.17, 15) is 9.59 Å². The molecule has 2 amide bonds. The molecule has 1 unspecified atom stereocenters. The number of carbonyl (C=O) groups is 2. The summed E-state index contributed by atoms with van der Waals surface area (Å²) in [6, 6.07) is 7.37. The molecular weight excluding hydrogens is 320 g/mol. The second-order valence-corrected chi connectivity index (χ2v) is 7.05. The fourth-order valence-electron chi connectivity index (χ4n) is 2.47. The Balaban J connectivity index is 2.27. The molecule has 20 heavy (non-hydrogen) atoms. The number of hydrogen-bond acceptors (Lipinski definition) is 2. The lowest BCUT2D eigenvalue weighted by atomic mass is 9.83. The van der Waals surface area contributed by atoms with Crippen LogP contribution in [0.4, 0.5) is 0 Å². The normalized spacial score (nSPS) is 20.0. The van der Waals surface area contributed by atoms with Gasteiger partial charge in [0.1, 0.15) is 6.04 Å². The topological polar surface area (TPSA) is 49.4 Å². The van der Waals surface area contributed by atoms with Gasteiger partial charge in [-0.05, 0) is 23.1 Å². The Kier molecular flexibility index (Phi) is 4.18. The van der Waals surface area contributed by atoms with E-state index < -0.39 is 6.04 Å². The molecule has 1 aliphatic heterocycles. The van der Waals surface area contributed by atoms with Crippen LogP contribution < -0.4 is 5.32 Å². The van der Waals surface area contributed by atoms with Gasteiger partial charge in [0.2, 0.25) is 11.8 Å². The molecule has 0 aliphatic carbocycles. The summed E-state index contributed by atoms with van der Waals surface area (Å²) in [7, 11) is 0. The summed E-state index contributed by atoms with van der Waals surface area (Å²) < 4.78 is 0.997. The third kappa shape index (κ3) is 3.20. The van der Waals surface area contributed by atoms with Gasteiger partial charge in [0.05, 0.1) is 6.54 Å². The SMILES string of the molecule is CC(C)(C)C1C(=O)NCC(=O)N1Cc1ccc(Br)cc1.